The molecule has 0 spiro atoms. The first-order valence-electron chi connectivity index (χ1n) is 14.9. The number of alkyl carbamates (subject to hydrolysis) is 1. The molecule has 4 amide bonds. The molecule has 2 aromatic carbocycles. The summed E-state index contributed by atoms with van der Waals surface area (Å²) in [5.74, 6) is -1.01. The normalized spacial score (nSPS) is 16.2. The van der Waals surface area contributed by atoms with E-state index in [1.165, 1.54) is 0 Å². The predicted octanol–water partition coefficient (Wildman–Crippen LogP) is 4.22. The van der Waals surface area contributed by atoms with Crippen molar-refractivity contribution in [1.82, 2.24) is 25.8 Å². The van der Waals surface area contributed by atoms with Crippen LogP contribution in [0.3, 0.4) is 0 Å². The second kappa shape index (κ2) is 13.8. The summed E-state index contributed by atoms with van der Waals surface area (Å²) in [7, 11) is 0. The van der Waals surface area contributed by atoms with Crippen LogP contribution in [0, 0.1) is 5.92 Å². The Morgan fingerprint density at radius 2 is 1.58 bits per heavy atom. The van der Waals surface area contributed by atoms with Gasteiger partial charge in [0.1, 0.15) is 17.7 Å². The van der Waals surface area contributed by atoms with Crippen LogP contribution in [0.4, 0.5) is 4.79 Å². The van der Waals surface area contributed by atoms with Gasteiger partial charge in [-0.25, -0.2) is 4.79 Å². The third-order valence-electron chi connectivity index (χ3n) is 7.68. The van der Waals surface area contributed by atoms with Crippen molar-refractivity contribution in [1.29, 1.82) is 0 Å². The Morgan fingerprint density at radius 1 is 0.930 bits per heavy atom. The van der Waals surface area contributed by atoms with Crippen LogP contribution in [-0.2, 0) is 25.5 Å². The average molecular weight is 590 g/mol. The summed E-state index contributed by atoms with van der Waals surface area (Å²) < 4.78 is 5.45. The van der Waals surface area contributed by atoms with Gasteiger partial charge in [0.05, 0.1) is 6.04 Å². The van der Waals surface area contributed by atoms with Crippen LogP contribution < -0.4 is 16.0 Å². The number of likely N-dealkylation sites (tertiary alicyclic amines) is 1. The zero-order valence-electron chi connectivity index (χ0n) is 25.6. The molecule has 43 heavy (non-hydrogen) atoms. The number of nitrogens with one attached hydrogen (secondary N) is 4. The number of hydrogen-bond acceptors (Lipinski definition) is 5. The minimum Gasteiger partial charge on any atom is -0.444 e. The predicted molar refractivity (Wildman–Crippen MR) is 165 cm³/mol. The van der Waals surface area contributed by atoms with E-state index in [0.29, 0.717) is 25.9 Å². The van der Waals surface area contributed by atoms with E-state index in [-0.39, 0.29) is 36.1 Å². The Labute approximate surface area is 252 Å². The number of piperidine rings is 1. The summed E-state index contributed by atoms with van der Waals surface area (Å²) >= 11 is 0. The number of fused-ring (bicyclic) bond motifs is 1. The van der Waals surface area contributed by atoms with E-state index in [0.717, 1.165) is 22.0 Å². The zero-order chi connectivity index (χ0) is 31.1. The fourth-order valence-corrected chi connectivity index (χ4v) is 5.31. The van der Waals surface area contributed by atoms with Crippen LogP contribution in [0.2, 0.25) is 0 Å². The van der Waals surface area contributed by atoms with Crippen molar-refractivity contribution in [3.8, 4) is 0 Å². The lowest BCUT2D eigenvalue weighted by Crippen LogP contribution is -2.54. The van der Waals surface area contributed by atoms with E-state index in [2.05, 4.69) is 20.9 Å². The summed E-state index contributed by atoms with van der Waals surface area (Å²) in [6.45, 7) is 9.61. The summed E-state index contributed by atoms with van der Waals surface area (Å²) in [5.41, 5.74) is 2.13. The maximum Gasteiger partial charge on any atom is 0.408 e. The van der Waals surface area contributed by atoms with Crippen molar-refractivity contribution in [3.05, 3.63) is 71.9 Å². The number of benzene rings is 2. The number of para-hydroxylation sites is 1. The number of hydrogen-bond donors (Lipinski definition) is 4. The highest BCUT2D eigenvalue weighted by atomic mass is 16.6. The quantitative estimate of drug-likeness (QED) is 0.297. The van der Waals surface area contributed by atoms with Crippen LogP contribution in [0.1, 0.15) is 64.6 Å². The second-order valence-corrected chi connectivity index (χ2v) is 12.2. The molecule has 230 valence electrons. The standard InChI is InChI=1S/C33H43N5O5/c1-21(23-11-7-6-8-12-23)35-29(39)22(2)36-30(40)24-15-17-38(18-16-24)31(41)28(37-32(42)43-33(3,4)5)19-25-20-34-27-14-10-9-13-26(25)27/h6-14,20-22,24,28,34H,15-19H2,1-5H3,(H,35,39)(H,36,40)(H,37,42)/t21-,22+,28+/m1/s1. The minimum atomic E-state index is -0.838. The number of carbonyl (C=O) groups is 4. The van der Waals surface area contributed by atoms with Crippen LogP contribution in [0.15, 0.2) is 60.8 Å². The SMILES string of the molecule is C[C@H](NC(=O)C1CCN(C(=O)[C@H](Cc2c[nH]c3ccccc23)NC(=O)OC(C)(C)C)CC1)C(=O)N[C@H](C)c1ccccc1. The molecule has 3 atom stereocenters. The molecule has 3 aromatic rings. The lowest BCUT2D eigenvalue weighted by atomic mass is 9.94. The molecule has 0 aliphatic carbocycles. The molecule has 10 nitrogen and oxygen atoms in total. The highest BCUT2D eigenvalue weighted by molar-refractivity contribution is 5.90. The number of nitrogens with zero attached hydrogens (tertiary/aromatic N) is 1. The maximum atomic E-state index is 13.7. The molecule has 1 aromatic heterocycles. The molecule has 4 rings (SSSR count). The third kappa shape index (κ3) is 8.59. The van der Waals surface area contributed by atoms with Crippen molar-refractivity contribution < 1.29 is 23.9 Å². The Bertz CT molecular complexity index is 1420. The number of amides is 4. The molecule has 1 fully saturated rings. The minimum absolute atomic E-state index is 0.186. The zero-order valence-corrected chi connectivity index (χ0v) is 25.6. The number of aromatic amines is 1. The van der Waals surface area contributed by atoms with Gasteiger partial charge in [0, 0.05) is 42.5 Å². The number of ether oxygens (including phenoxy) is 1. The van der Waals surface area contributed by atoms with Crippen LogP contribution in [-0.4, -0.2) is 64.5 Å². The van der Waals surface area contributed by atoms with E-state index in [1.54, 1.807) is 32.6 Å². The molecule has 2 heterocycles. The molecule has 0 unspecified atom stereocenters. The van der Waals surface area contributed by atoms with Gasteiger partial charge >= 0.3 is 6.09 Å². The van der Waals surface area contributed by atoms with Gasteiger partial charge in [-0.3, -0.25) is 14.4 Å². The maximum absolute atomic E-state index is 13.7. The van der Waals surface area contributed by atoms with Crippen LogP contribution >= 0.6 is 0 Å². The Kier molecular flexibility index (Phi) is 10.1. The topological polar surface area (TPSA) is 133 Å². The first-order valence-corrected chi connectivity index (χ1v) is 14.9. The van der Waals surface area contributed by atoms with Crippen LogP contribution in [0.5, 0.6) is 0 Å². The third-order valence-corrected chi connectivity index (χ3v) is 7.68. The molecule has 10 heteroatoms. The number of H-pyrrole nitrogens is 1. The van der Waals surface area contributed by atoms with Crippen molar-refractivity contribution in [2.24, 2.45) is 5.92 Å². The van der Waals surface area contributed by atoms with Crippen LogP contribution in [0.25, 0.3) is 10.9 Å². The van der Waals surface area contributed by atoms with Gasteiger partial charge in [0.15, 0.2) is 0 Å². The monoisotopic (exact) mass is 589 g/mol. The van der Waals surface area contributed by atoms with Crippen molar-refractivity contribution in [2.75, 3.05) is 13.1 Å². The lowest BCUT2D eigenvalue weighted by Gasteiger charge is -2.34. The van der Waals surface area contributed by atoms with E-state index in [1.807, 2.05) is 67.7 Å². The number of rotatable bonds is 9. The van der Waals surface area contributed by atoms with E-state index in [9.17, 15) is 19.2 Å². The largest absolute Gasteiger partial charge is 0.444 e. The first kappa shape index (κ1) is 31.6. The molecule has 4 N–H and O–H groups in total. The fraction of sp³-hybridized carbons (Fsp3) is 0.455. The average Bonchev–Trinajstić information content (AvgIpc) is 3.38. The molecule has 0 saturated carbocycles. The van der Waals surface area contributed by atoms with Gasteiger partial charge in [-0.15, -0.1) is 0 Å². The van der Waals surface area contributed by atoms with Gasteiger partial charge in [-0.05, 0) is 64.7 Å². The lowest BCUT2D eigenvalue weighted by molar-refractivity contribution is -0.138. The van der Waals surface area contributed by atoms with E-state index >= 15 is 0 Å². The van der Waals surface area contributed by atoms with Gasteiger partial charge < -0.3 is 30.6 Å². The molecule has 1 saturated heterocycles. The molecule has 0 radical (unpaired) electrons. The summed E-state index contributed by atoms with van der Waals surface area (Å²) in [6.07, 6.45) is 2.40. The van der Waals surface area contributed by atoms with Crippen molar-refractivity contribution in [3.63, 3.8) is 0 Å². The smallest absolute Gasteiger partial charge is 0.408 e. The van der Waals surface area contributed by atoms with Gasteiger partial charge in [-0.2, -0.15) is 0 Å². The second-order valence-electron chi connectivity index (χ2n) is 12.2. The Morgan fingerprint density at radius 3 is 2.26 bits per heavy atom. The van der Waals surface area contributed by atoms with Gasteiger partial charge in [0.2, 0.25) is 17.7 Å². The van der Waals surface area contributed by atoms with E-state index < -0.39 is 23.8 Å². The summed E-state index contributed by atoms with van der Waals surface area (Å²) in [5, 5.41) is 9.55. The first-order chi connectivity index (χ1) is 20.4. The number of aromatic nitrogens is 1. The Balaban J connectivity index is 1.34. The molecule has 1 aliphatic rings. The Hall–Kier alpha value is -4.34. The molecular formula is C33H43N5O5. The fourth-order valence-electron chi connectivity index (χ4n) is 5.31. The molecule has 1 aliphatic heterocycles. The summed E-state index contributed by atoms with van der Waals surface area (Å²) in [4.78, 5) is 57.1. The van der Waals surface area contributed by atoms with Gasteiger partial charge in [-0.1, -0.05) is 48.5 Å². The van der Waals surface area contributed by atoms with Crippen molar-refractivity contribution in [2.45, 2.75) is 77.6 Å². The molecular weight excluding hydrogens is 546 g/mol. The molecule has 0 bridgehead atoms. The highest BCUT2D eigenvalue weighted by Crippen LogP contribution is 2.23. The van der Waals surface area contributed by atoms with Gasteiger partial charge in [0.25, 0.3) is 0 Å². The highest BCUT2D eigenvalue weighted by Gasteiger charge is 2.34. The summed E-state index contributed by atoms with van der Waals surface area (Å²) in [6, 6.07) is 15.7. The number of carbonyl (C=O) groups excluding carboxylic acids is 4. The van der Waals surface area contributed by atoms with Crippen molar-refractivity contribution >= 4 is 34.7 Å². The van der Waals surface area contributed by atoms with E-state index in [4.69, 9.17) is 4.74 Å².